The predicted octanol–water partition coefficient (Wildman–Crippen LogP) is 5.16. The molecule has 0 radical (unpaired) electrons. The highest BCUT2D eigenvalue weighted by Gasteiger charge is 2.30. The molecule has 0 unspecified atom stereocenters. The van der Waals surface area contributed by atoms with Crippen molar-refractivity contribution in [3.05, 3.63) is 74.8 Å². The minimum atomic E-state index is -4.51. The van der Waals surface area contributed by atoms with Gasteiger partial charge in [0.05, 0.1) is 17.4 Å². The molecule has 2 heterocycles. The average Bonchev–Trinajstić information content (AvgIpc) is 2.69. The van der Waals surface area contributed by atoms with Crippen molar-refractivity contribution in [2.45, 2.75) is 11.1 Å². The lowest BCUT2D eigenvalue weighted by Crippen LogP contribution is -2.24. The summed E-state index contributed by atoms with van der Waals surface area (Å²) in [5.74, 6) is 0.636. The first-order chi connectivity index (χ1) is 13.8. The molecule has 0 spiro atoms. The van der Waals surface area contributed by atoms with E-state index in [2.05, 4.69) is 15.4 Å². The van der Waals surface area contributed by atoms with Crippen molar-refractivity contribution >= 4 is 40.7 Å². The maximum atomic E-state index is 12.6. The number of thioether (sulfide) groups is 1. The molecule has 0 saturated heterocycles. The van der Waals surface area contributed by atoms with Crippen LogP contribution in [0.1, 0.15) is 5.56 Å². The monoisotopic (exact) mass is 460 g/mol. The highest BCUT2D eigenvalue weighted by molar-refractivity contribution is 7.99. The number of nitrogens with zero attached hydrogens (tertiary/aromatic N) is 3. The van der Waals surface area contributed by atoms with Crippen molar-refractivity contribution in [1.82, 2.24) is 14.8 Å². The second-order valence-electron chi connectivity index (χ2n) is 5.72. The van der Waals surface area contributed by atoms with E-state index in [9.17, 15) is 18.0 Å². The second-order valence-corrected chi connectivity index (χ2v) is 7.70. The highest BCUT2D eigenvalue weighted by atomic mass is 35.5. The van der Waals surface area contributed by atoms with Crippen LogP contribution in [0.15, 0.2) is 58.5 Å². The van der Waals surface area contributed by atoms with Gasteiger partial charge in [-0.1, -0.05) is 23.2 Å². The van der Waals surface area contributed by atoms with Gasteiger partial charge in [0.15, 0.2) is 5.82 Å². The van der Waals surface area contributed by atoms with Crippen LogP contribution in [-0.4, -0.2) is 27.1 Å². The van der Waals surface area contributed by atoms with Crippen molar-refractivity contribution in [2.24, 2.45) is 0 Å². The molecule has 29 heavy (non-hydrogen) atoms. The molecule has 1 aromatic carbocycles. The summed E-state index contributed by atoms with van der Waals surface area (Å²) in [7, 11) is 0. The maximum Gasteiger partial charge on any atom is 0.417 e. The summed E-state index contributed by atoms with van der Waals surface area (Å²) in [6, 6.07) is 9.29. The van der Waals surface area contributed by atoms with Gasteiger partial charge in [0, 0.05) is 28.4 Å². The van der Waals surface area contributed by atoms with Gasteiger partial charge in [-0.3, -0.25) is 4.79 Å². The summed E-state index contributed by atoms with van der Waals surface area (Å²) in [6.07, 6.45) is -2.55. The first-order valence-electron chi connectivity index (χ1n) is 8.19. The molecule has 0 aliphatic rings. The molecule has 11 heteroatoms. The smallest absolute Gasteiger partial charge is 0.382 e. The van der Waals surface area contributed by atoms with E-state index < -0.39 is 17.3 Å². The number of pyridine rings is 1. The number of anilines is 1. The van der Waals surface area contributed by atoms with E-state index in [1.165, 1.54) is 6.20 Å². The van der Waals surface area contributed by atoms with Crippen molar-refractivity contribution in [1.29, 1.82) is 0 Å². The molecule has 0 aliphatic heterocycles. The zero-order valence-corrected chi connectivity index (χ0v) is 16.9. The van der Waals surface area contributed by atoms with Crippen molar-refractivity contribution in [3.8, 4) is 5.82 Å². The fourth-order valence-corrected chi connectivity index (χ4v) is 3.37. The molecule has 0 aliphatic carbocycles. The van der Waals surface area contributed by atoms with E-state index in [0.717, 1.165) is 21.7 Å². The number of nitrogens with one attached hydrogen (secondary N) is 1. The quantitative estimate of drug-likeness (QED) is 0.406. The average molecular weight is 461 g/mol. The van der Waals surface area contributed by atoms with Gasteiger partial charge in [0.1, 0.15) is 5.02 Å². The topological polar surface area (TPSA) is 59.8 Å². The van der Waals surface area contributed by atoms with Gasteiger partial charge < -0.3 is 5.32 Å². The van der Waals surface area contributed by atoms with Gasteiger partial charge in [0.25, 0.3) is 5.56 Å². The van der Waals surface area contributed by atoms with E-state index >= 15 is 0 Å². The Labute approximate surface area is 177 Å². The SMILES string of the molecule is O=c1c(Cl)c(NCCSc2ccc(Cl)cc2)cnn1-c1ccc(C(F)(F)F)cn1. The fraction of sp³-hybridized carbons (Fsp3) is 0.167. The van der Waals surface area contributed by atoms with Crippen LogP contribution in [-0.2, 0) is 6.18 Å². The van der Waals surface area contributed by atoms with Crippen LogP contribution in [0.5, 0.6) is 0 Å². The zero-order chi connectivity index (χ0) is 21.0. The van der Waals surface area contributed by atoms with Crippen molar-refractivity contribution in [2.75, 3.05) is 17.6 Å². The number of hydrogen-bond acceptors (Lipinski definition) is 5. The van der Waals surface area contributed by atoms with Crippen LogP contribution in [0.3, 0.4) is 0 Å². The molecule has 0 saturated carbocycles. The first-order valence-corrected chi connectivity index (χ1v) is 9.93. The maximum absolute atomic E-state index is 12.6. The molecule has 0 atom stereocenters. The summed E-state index contributed by atoms with van der Waals surface area (Å²) in [5.41, 5.74) is -1.28. The van der Waals surface area contributed by atoms with E-state index in [1.807, 2.05) is 12.1 Å². The van der Waals surface area contributed by atoms with Crippen LogP contribution >= 0.6 is 35.0 Å². The molecule has 0 bridgehead atoms. The number of alkyl halides is 3. The van der Waals surface area contributed by atoms with Gasteiger partial charge in [-0.2, -0.15) is 23.0 Å². The lowest BCUT2D eigenvalue weighted by Gasteiger charge is -2.11. The zero-order valence-electron chi connectivity index (χ0n) is 14.6. The molecule has 3 rings (SSSR count). The molecule has 2 aromatic heterocycles. The first kappa shape index (κ1) is 21.5. The molecule has 0 fully saturated rings. The molecular weight excluding hydrogens is 448 g/mol. The third-order valence-electron chi connectivity index (χ3n) is 3.71. The third-order valence-corrected chi connectivity index (χ3v) is 5.34. The van der Waals surface area contributed by atoms with Crippen molar-refractivity contribution < 1.29 is 13.2 Å². The standard InChI is InChI=1S/C18H13Cl2F3N4OS/c19-12-2-4-13(5-3-12)29-8-7-24-14-10-26-27(17(28)16(14)20)15-6-1-11(9-25-15)18(21,22)23/h1-6,9-10,24H,7-8H2. The molecule has 0 amide bonds. The minimum Gasteiger partial charge on any atom is -0.382 e. The summed E-state index contributed by atoms with van der Waals surface area (Å²) in [4.78, 5) is 17.1. The minimum absolute atomic E-state index is 0.0604. The normalized spacial score (nSPS) is 11.5. The number of aromatic nitrogens is 3. The van der Waals surface area contributed by atoms with Gasteiger partial charge in [-0.15, -0.1) is 11.8 Å². The van der Waals surface area contributed by atoms with Crippen LogP contribution in [0.2, 0.25) is 10.0 Å². The third kappa shape index (κ3) is 5.43. The molecule has 3 aromatic rings. The van der Waals surface area contributed by atoms with E-state index in [1.54, 1.807) is 23.9 Å². The number of hydrogen-bond donors (Lipinski definition) is 1. The molecule has 5 nitrogen and oxygen atoms in total. The summed E-state index contributed by atoms with van der Waals surface area (Å²) < 4.78 is 38.7. The Kier molecular flexibility index (Phi) is 6.71. The summed E-state index contributed by atoms with van der Waals surface area (Å²) in [5, 5.41) is 7.49. The lowest BCUT2D eigenvalue weighted by molar-refractivity contribution is -0.137. The van der Waals surface area contributed by atoms with Gasteiger partial charge in [0.2, 0.25) is 0 Å². The summed E-state index contributed by atoms with van der Waals surface area (Å²) >= 11 is 13.5. The Bertz CT molecular complexity index is 1040. The highest BCUT2D eigenvalue weighted by Crippen LogP contribution is 2.28. The van der Waals surface area contributed by atoms with Gasteiger partial charge >= 0.3 is 6.18 Å². The molecular formula is C18H13Cl2F3N4OS. The van der Waals surface area contributed by atoms with E-state index in [-0.39, 0.29) is 10.8 Å². The Morgan fingerprint density at radius 3 is 2.41 bits per heavy atom. The second kappa shape index (κ2) is 9.06. The Balaban J connectivity index is 1.66. The molecule has 152 valence electrons. The predicted molar refractivity (Wildman–Crippen MR) is 108 cm³/mol. The van der Waals surface area contributed by atoms with Crippen LogP contribution in [0.25, 0.3) is 5.82 Å². The lowest BCUT2D eigenvalue weighted by atomic mass is 10.3. The van der Waals surface area contributed by atoms with E-state index in [4.69, 9.17) is 23.2 Å². The van der Waals surface area contributed by atoms with Crippen LogP contribution in [0, 0.1) is 0 Å². The Morgan fingerprint density at radius 2 is 1.79 bits per heavy atom. The number of halogens is 5. The Hall–Kier alpha value is -2.23. The van der Waals surface area contributed by atoms with Gasteiger partial charge in [-0.25, -0.2) is 4.98 Å². The number of rotatable bonds is 6. The van der Waals surface area contributed by atoms with Crippen LogP contribution < -0.4 is 10.9 Å². The molecule has 1 N–H and O–H groups in total. The van der Waals surface area contributed by atoms with Gasteiger partial charge in [-0.05, 0) is 36.4 Å². The fourth-order valence-electron chi connectivity index (χ4n) is 2.28. The van der Waals surface area contributed by atoms with Crippen molar-refractivity contribution in [3.63, 3.8) is 0 Å². The van der Waals surface area contributed by atoms with E-state index in [0.29, 0.717) is 29.2 Å². The summed E-state index contributed by atoms with van der Waals surface area (Å²) in [6.45, 7) is 0.511. The number of benzene rings is 1. The largest absolute Gasteiger partial charge is 0.417 e. The van der Waals surface area contributed by atoms with Crippen LogP contribution in [0.4, 0.5) is 18.9 Å². The Morgan fingerprint density at radius 1 is 1.07 bits per heavy atom.